The van der Waals surface area contributed by atoms with Crippen LogP contribution in [0.15, 0.2) is 84.9 Å². The number of rotatable bonds is 7. The number of cyclic esters (lactones) is 4. The number of aryl methyl sites for hydroxylation is 2. The molecule has 0 amide bonds. The van der Waals surface area contributed by atoms with Crippen LogP contribution in [0.4, 0.5) is 0 Å². The Morgan fingerprint density at radius 2 is 0.944 bits per heavy atom. The zero-order valence-corrected chi connectivity index (χ0v) is 29.6. The van der Waals surface area contributed by atoms with Crippen molar-refractivity contribution in [1.82, 2.24) is 0 Å². The first-order chi connectivity index (χ1) is 26.0. The highest BCUT2D eigenvalue weighted by atomic mass is 16.6. The average molecular weight is 723 g/mol. The highest BCUT2D eigenvalue weighted by Crippen LogP contribution is 2.42. The summed E-state index contributed by atoms with van der Waals surface area (Å²) < 4.78 is 20.5. The van der Waals surface area contributed by atoms with Crippen molar-refractivity contribution in [1.29, 1.82) is 0 Å². The van der Waals surface area contributed by atoms with Crippen LogP contribution in [0.2, 0.25) is 0 Å². The zero-order valence-electron chi connectivity index (χ0n) is 29.6. The fourth-order valence-electron chi connectivity index (χ4n) is 7.76. The molecule has 4 aromatic rings. The molecule has 4 aliphatic rings. The van der Waals surface area contributed by atoms with E-state index in [9.17, 15) is 28.8 Å². The number of carbonyl (C=O) groups is 6. The lowest BCUT2D eigenvalue weighted by Gasteiger charge is -2.32. The van der Waals surface area contributed by atoms with E-state index in [1.807, 2.05) is 38.1 Å². The third-order valence-electron chi connectivity index (χ3n) is 10.8. The van der Waals surface area contributed by atoms with Crippen molar-refractivity contribution < 1.29 is 47.7 Å². The van der Waals surface area contributed by atoms with Crippen molar-refractivity contribution in [3.63, 3.8) is 0 Å². The maximum atomic E-state index is 12.9. The van der Waals surface area contributed by atoms with Crippen molar-refractivity contribution in [3.8, 4) is 11.5 Å². The van der Waals surface area contributed by atoms with E-state index < -0.39 is 35.8 Å². The Morgan fingerprint density at radius 3 is 1.31 bits per heavy atom. The highest BCUT2D eigenvalue weighted by molar-refractivity contribution is 6.16. The largest absolute Gasteiger partial charge is 0.423 e. The van der Waals surface area contributed by atoms with Crippen LogP contribution in [0.5, 0.6) is 11.5 Å². The van der Waals surface area contributed by atoms with Crippen molar-refractivity contribution >= 4 is 47.0 Å². The molecule has 54 heavy (non-hydrogen) atoms. The molecule has 0 aromatic heterocycles. The summed E-state index contributed by atoms with van der Waals surface area (Å²) in [5, 5.41) is 0. The van der Waals surface area contributed by atoms with Crippen LogP contribution in [-0.4, -0.2) is 35.8 Å². The van der Waals surface area contributed by atoms with Gasteiger partial charge in [-0.25, -0.2) is 28.8 Å². The molecule has 10 nitrogen and oxygen atoms in total. The molecule has 4 aromatic carbocycles. The van der Waals surface area contributed by atoms with Gasteiger partial charge in [-0.2, -0.15) is 0 Å². The minimum absolute atomic E-state index is 0.0587. The van der Waals surface area contributed by atoms with Crippen LogP contribution >= 0.6 is 0 Å². The second-order valence-corrected chi connectivity index (χ2v) is 14.1. The van der Waals surface area contributed by atoms with Gasteiger partial charge in [0.25, 0.3) is 0 Å². The van der Waals surface area contributed by atoms with Crippen molar-refractivity contribution in [3.05, 3.63) is 141 Å². The van der Waals surface area contributed by atoms with Gasteiger partial charge in [-0.3, -0.25) is 0 Å². The number of hydrogen-bond donors (Lipinski definition) is 0. The molecule has 2 heterocycles. The summed E-state index contributed by atoms with van der Waals surface area (Å²) in [6.07, 6.45) is 10.8. The molecule has 0 bridgehead atoms. The van der Waals surface area contributed by atoms with Crippen LogP contribution in [0.1, 0.15) is 123 Å². The Morgan fingerprint density at radius 1 is 0.537 bits per heavy atom. The Hall–Kier alpha value is -6.42. The fraction of sp³-hybridized carbons (Fsp3) is 0.227. The molecule has 0 saturated heterocycles. The van der Waals surface area contributed by atoms with Crippen LogP contribution in [0.3, 0.4) is 0 Å². The Bertz CT molecular complexity index is 2230. The third kappa shape index (κ3) is 6.55. The van der Waals surface area contributed by atoms with E-state index in [-0.39, 0.29) is 33.4 Å². The average Bonchev–Trinajstić information content (AvgIpc) is 3.64. The molecular weight excluding hydrogens is 688 g/mol. The highest BCUT2D eigenvalue weighted by Gasteiger charge is 2.32. The molecular formula is C44H34O10. The molecule has 270 valence electrons. The number of hydrogen-bond acceptors (Lipinski definition) is 10. The standard InChI is InChI=1S/C44H34O10/c1-23-19-29(13-17-37(23)51-39(45)31-11-15-33-35(21-31)43(49)53-41(33)47)27-7-3-25(4-8-27)26-5-9-28(10-6-26)30-14-18-38(24(2)20-30)52-40(46)32-12-16-34-36(22-32)44(50)54-42(34)48/h7,9,11-22,25-26H,3-6,8,10H2,1-2H3. The van der Waals surface area contributed by atoms with E-state index in [2.05, 4.69) is 21.6 Å². The minimum Gasteiger partial charge on any atom is -0.423 e. The topological polar surface area (TPSA) is 139 Å². The Labute approximate surface area is 310 Å². The zero-order chi connectivity index (χ0) is 37.7. The number of allylic oxidation sites excluding steroid dienone is 4. The minimum atomic E-state index is -0.772. The Kier molecular flexibility index (Phi) is 8.89. The number of carbonyl (C=O) groups excluding carboxylic acids is 6. The first-order valence-corrected chi connectivity index (χ1v) is 17.9. The molecule has 2 atom stereocenters. The lowest BCUT2D eigenvalue weighted by Crippen LogP contribution is -2.19. The number of esters is 6. The summed E-state index contributed by atoms with van der Waals surface area (Å²) in [7, 11) is 0. The smallest absolute Gasteiger partial charge is 0.346 e. The molecule has 2 aliphatic heterocycles. The van der Waals surface area contributed by atoms with Gasteiger partial charge < -0.3 is 18.9 Å². The third-order valence-corrected chi connectivity index (χ3v) is 10.8. The molecule has 10 heteroatoms. The van der Waals surface area contributed by atoms with Crippen molar-refractivity contribution in [2.45, 2.75) is 52.4 Å². The quantitative estimate of drug-likeness (QED) is 0.104. The summed E-state index contributed by atoms with van der Waals surface area (Å²) in [6.45, 7) is 3.79. The normalized spacial score (nSPS) is 18.9. The maximum absolute atomic E-state index is 12.9. The van der Waals surface area contributed by atoms with Crippen LogP contribution in [0, 0.1) is 25.7 Å². The van der Waals surface area contributed by atoms with E-state index >= 15 is 0 Å². The summed E-state index contributed by atoms with van der Waals surface area (Å²) >= 11 is 0. The van der Waals surface area contributed by atoms with Gasteiger partial charge >= 0.3 is 35.8 Å². The number of fused-ring (bicyclic) bond motifs is 2. The predicted molar refractivity (Wildman–Crippen MR) is 195 cm³/mol. The van der Waals surface area contributed by atoms with Crippen LogP contribution in [-0.2, 0) is 9.47 Å². The van der Waals surface area contributed by atoms with Crippen LogP contribution in [0.25, 0.3) is 11.1 Å². The second-order valence-electron chi connectivity index (χ2n) is 14.1. The lowest BCUT2D eigenvalue weighted by molar-refractivity contribution is 0.0425. The molecule has 2 unspecified atom stereocenters. The summed E-state index contributed by atoms with van der Waals surface area (Å²) in [6, 6.07) is 19.9. The first kappa shape index (κ1) is 34.7. The predicted octanol–water partition coefficient (Wildman–Crippen LogP) is 8.43. The maximum Gasteiger partial charge on any atom is 0.346 e. The molecule has 0 saturated carbocycles. The molecule has 0 N–H and O–H groups in total. The van der Waals surface area contributed by atoms with E-state index in [0.29, 0.717) is 23.3 Å². The second kappa shape index (κ2) is 13.9. The summed E-state index contributed by atoms with van der Waals surface area (Å²) in [5.41, 5.74) is 7.12. The fourth-order valence-corrected chi connectivity index (χ4v) is 7.76. The van der Waals surface area contributed by atoms with Gasteiger partial charge in [-0.1, -0.05) is 24.3 Å². The van der Waals surface area contributed by atoms with Crippen molar-refractivity contribution in [2.24, 2.45) is 11.8 Å². The van der Waals surface area contributed by atoms with Gasteiger partial charge in [-0.05, 0) is 158 Å². The van der Waals surface area contributed by atoms with E-state index in [1.165, 1.54) is 47.5 Å². The molecule has 0 spiro atoms. The molecule has 0 radical (unpaired) electrons. The first-order valence-electron chi connectivity index (χ1n) is 17.9. The van der Waals surface area contributed by atoms with Gasteiger partial charge in [0.15, 0.2) is 0 Å². The van der Waals surface area contributed by atoms with E-state index in [1.54, 1.807) is 12.1 Å². The SMILES string of the molecule is Cc1cc(C2=CCC(C3CC=C(c4ccc(OC(=O)c5ccc6c(c5)C(=O)OC6=O)c(C)c4)CC3)CC2)ccc1OC(=O)c1ccc2c(c1)C(=O)OC2=O. The van der Waals surface area contributed by atoms with Crippen LogP contribution < -0.4 is 9.47 Å². The Balaban J connectivity index is 0.857. The summed E-state index contributed by atoms with van der Waals surface area (Å²) in [5.74, 6) is -2.19. The lowest BCUT2D eigenvalue weighted by atomic mass is 9.73. The molecule has 2 aliphatic carbocycles. The summed E-state index contributed by atoms with van der Waals surface area (Å²) in [4.78, 5) is 73.0. The van der Waals surface area contributed by atoms with Gasteiger partial charge in [-0.15, -0.1) is 0 Å². The van der Waals surface area contributed by atoms with E-state index in [0.717, 1.165) is 60.8 Å². The van der Waals surface area contributed by atoms with Gasteiger partial charge in [0.1, 0.15) is 11.5 Å². The monoisotopic (exact) mass is 722 g/mol. The number of ether oxygens (including phenoxy) is 4. The van der Waals surface area contributed by atoms with E-state index in [4.69, 9.17) is 9.47 Å². The van der Waals surface area contributed by atoms with Gasteiger partial charge in [0, 0.05) is 0 Å². The van der Waals surface area contributed by atoms with Crippen molar-refractivity contribution in [2.75, 3.05) is 0 Å². The number of benzene rings is 4. The molecule has 8 rings (SSSR count). The molecule has 0 fully saturated rings. The van der Waals surface area contributed by atoms with Gasteiger partial charge in [0.05, 0.1) is 33.4 Å². The van der Waals surface area contributed by atoms with Gasteiger partial charge in [0.2, 0.25) is 0 Å².